The van der Waals surface area contributed by atoms with Crippen LogP contribution in [0.2, 0.25) is 0 Å². The lowest BCUT2D eigenvalue weighted by Crippen LogP contribution is -2.39. The smallest absolute Gasteiger partial charge is 0.0963 e. The van der Waals surface area contributed by atoms with Gasteiger partial charge < -0.3 is 10.2 Å². The molecule has 21 heavy (non-hydrogen) atoms. The number of nitrogens with zero attached hydrogens (tertiary/aromatic N) is 2. The zero-order valence-electron chi connectivity index (χ0n) is 13.3. The lowest BCUT2D eigenvalue weighted by molar-refractivity contribution is 0.161. The highest BCUT2D eigenvalue weighted by molar-refractivity contribution is 7.11. The maximum absolute atomic E-state index is 5.16. The molecule has 1 N–H and O–H groups in total. The minimum absolute atomic E-state index is 0.659. The molecule has 2 saturated heterocycles. The molecule has 4 rings (SSSR count). The van der Waals surface area contributed by atoms with Crippen LogP contribution in [0.4, 0.5) is 0 Å². The number of hydrogen-bond donors (Lipinski definition) is 1. The van der Waals surface area contributed by atoms with Crippen molar-refractivity contribution in [2.24, 2.45) is 0 Å². The quantitative estimate of drug-likeness (QED) is 0.930. The Hall–Kier alpha value is -0.450. The Balaban J connectivity index is 1.57. The summed E-state index contributed by atoms with van der Waals surface area (Å²) >= 11 is 2.05. The first-order valence-corrected chi connectivity index (χ1v) is 9.44. The van der Waals surface area contributed by atoms with Crippen molar-refractivity contribution in [1.82, 2.24) is 15.2 Å². The van der Waals surface area contributed by atoms with E-state index in [2.05, 4.69) is 24.3 Å². The van der Waals surface area contributed by atoms with Gasteiger partial charge >= 0.3 is 0 Å². The van der Waals surface area contributed by atoms with E-state index in [0.29, 0.717) is 5.92 Å². The molecule has 0 spiro atoms. The molecule has 116 valence electrons. The Kier molecular flexibility index (Phi) is 3.80. The first kappa shape index (κ1) is 14.2. The highest BCUT2D eigenvalue weighted by atomic mass is 32.1. The van der Waals surface area contributed by atoms with Crippen molar-refractivity contribution in [3.63, 3.8) is 0 Å². The van der Waals surface area contributed by atoms with Gasteiger partial charge in [0.05, 0.1) is 10.7 Å². The molecule has 2 aliphatic heterocycles. The maximum atomic E-state index is 5.16. The normalized spacial score (nSPS) is 35.9. The number of piperidine rings is 1. The Labute approximate surface area is 132 Å². The summed E-state index contributed by atoms with van der Waals surface area (Å²) in [6.45, 7) is 1.09. The van der Waals surface area contributed by atoms with E-state index in [1.165, 1.54) is 55.6 Å². The lowest BCUT2D eigenvalue weighted by atomic mass is 9.90. The molecular formula is C17H27N3S. The van der Waals surface area contributed by atoms with Gasteiger partial charge in [-0.25, -0.2) is 4.98 Å². The number of aryl methyl sites for hydroxylation is 1. The third kappa shape index (κ3) is 2.45. The second kappa shape index (κ2) is 5.64. The van der Waals surface area contributed by atoms with E-state index < -0.39 is 0 Å². The van der Waals surface area contributed by atoms with Crippen molar-refractivity contribution < 1.29 is 0 Å². The highest BCUT2D eigenvalue weighted by Crippen LogP contribution is 2.45. The largest absolute Gasteiger partial charge is 0.319 e. The van der Waals surface area contributed by atoms with Crippen LogP contribution in [0.5, 0.6) is 0 Å². The van der Waals surface area contributed by atoms with Crippen molar-refractivity contribution in [1.29, 1.82) is 0 Å². The predicted octanol–water partition coefficient (Wildman–Crippen LogP) is 3.12. The number of aromatic nitrogens is 1. The van der Waals surface area contributed by atoms with Crippen LogP contribution < -0.4 is 5.32 Å². The van der Waals surface area contributed by atoms with Crippen molar-refractivity contribution in [3.05, 3.63) is 15.6 Å². The second-order valence-corrected chi connectivity index (χ2v) is 8.34. The van der Waals surface area contributed by atoms with Crippen LogP contribution >= 0.6 is 11.3 Å². The van der Waals surface area contributed by atoms with Gasteiger partial charge in [-0.05, 0) is 59.0 Å². The molecule has 0 saturated carbocycles. The molecule has 3 unspecified atom stereocenters. The van der Waals surface area contributed by atoms with E-state index in [4.69, 9.17) is 4.98 Å². The molecule has 3 atom stereocenters. The molecule has 0 radical (unpaired) electrons. The van der Waals surface area contributed by atoms with E-state index >= 15 is 0 Å². The van der Waals surface area contributed by atoms with Gasteiger partial charge in [-0.2, -0.15) is 0 Å². The number of thiazole rings is 1. The van der Waals surface area contributed by atoms with Crippen molar-refractivity contribution in [2.45, 2.75) is 68.9 Å². The predicted molar refractivity (Wildman–Crippen MR) is 88.3 cm³/mol. The fraction of sp³-hybridized carbons (Fsp3) is 0.824. The summed E-state index contributed by atoms with van der Waals surface area (Å²) in [4.78, 5) is 9.39. The summed E-state index contributed by atoms with van der Waals surface area (Å²) in [5, 5.41) is 4.82. The van der Waals surface area contributed by atoms with Crippen LogP contribution in [-0.2, 0) is 6.42 Å². The number of nitrogens with one attached hydrogen (secondary N) is 1. The molecule has 4 heteroatoms. The fourth-order valence-corrected chi connectivity index (χ4v) is 6.08. The standard InChI is InChI=1S/C17H27N3S/c1-18-10-11-4-3-5-15-16(11)19-17(21-15)12-8-13-6-7-14(9-12)20(13)2/h11-14,18H,3-10H2,1-2H3. The Morgan fingerprint density at radius 3 is 2.71 bits per heavy atom. The number of hydrogen-bond acceptors (Lipinski definition) is 4. The van der Waals surface area contributed by atoms with Crippen molar-refractivity contribution in [3.8, 4) is 0 Å². The monoisotopic (exact) mass is 305 g/mol. The Bertz CT molecular complexity index is 498. The van der Waals surface area contributed by atoms with Gasteiger partial charge in [0.25, 0.3) is 0 Å². The van der Waals surface area contributed by atoms with Crippen LogP contribution in [0.3, 0.4) is 0 Å². The first-order valence-electron chi connectivity index (χ1n) is 8.62. The summed E-state index contributed by atoms with van der Waals surface area (Å²) < 4.78 is 0. The van der Waals surface area contributed by atoms with E-state index in [9.17, 15) is 0 Å². The summed E-state index contributed by atoms with van der Waals surface area (Å²) in [5.74, 6) is 1.40. The zero-order valence-corrected chi connectivity index (χ0v) is 14.1. The summed E-state index contributed by atoms with van der Waals surface area (Å²) in [6, 6.07) is 1.64. The van der Waals surface area contributed by atoms with E-state index in [-0.39, 0.29) is 0 Å². The zero-order chi connectivity index (χ0) is 14.4. The molecule has 3 aliphatic rings. The summed E-state index contributed by atoms with van der Waals surface area (Å²) in [7, 11) is 4.39. The van der Waals surface area contributed by atoms with Gasteiger partial charge in [-0.1, -0.05) is 0 Å². The van der Waals surface area contributed by atoms with Gasteiger partial charge in [0.2, 0.25) is 0 Å². The van der Waals surface area contributed by atoms with Gasteiger partial charge in [-0.15, -0.1) is 11.3 Å². The van der Waals surface area contributed by atoms with Crippen LogP contribution in [0, 0.1) is 0 Å². The van der Waals surface area contributed by atoms with Gasteiger partial charge in [0.15, 0.2) is 0 Å². The molecule has 1 aromatic rings. The SMILES string of the molecule is CNCC1CCCc2sc(C3CC4CCC(C3)N4C)nc21. The minimum atomic E-state index is 0.659. The molecule has 2 bridgehead atoms. The molecule has 3 nitrogen and oxygen atoms in total. The first-order chi connectivity index (χ1) is 10.3. The number of fused-ring (bicyclic) bond motifs is 3. The van der Waals surface area contributed by atoms with Crippen molar-refractivity contribution in [2.75, 3.05) is 20.6 Å². The van der Waals surface area contributed by atoms with Crippen LogP contribution in [0.15, 0.2) is 0 Å². The third-order valence-electron chi connectivity index (χ3n) is 5.99. The summed E-state index contributed by atoms with van der Waals surface area (Å²) in [5.41, 5.74) is 1.45. The fourth-order valence-electron chi connectivity index (χ4n) is 4.76. The molecular weight excluding hydrogens is 278 g/mol. The third-order valence-corrected chi connectivity index (χ3v) is 7.28. The molecule has 1 aliphatic carbocycles. The van der Waals surface area contributed by atoms with E-state index in [0.717, 1.165) is 24.5 Å². The molecule has 2 fully saturated rings. The van der Waals surface area contributed by atoms with Crippen LogP contribution in [0.25, 0.3) is 0 Å². The summed E-state index contributed by atoms with van der Waals surface area (Å²) in [6.07, 6.45) is 9.43. The molecule has 0 amide bonds. The van der Waals surface area contributed by atoms with E-state index in [1.54, 1.807) is 4.88 Å². The highest BCUT2D eigenvalue weighted by Gasteiger charge is 2.40. The Morgan fingerprint density at radius 1 is 1.24 bits per heavy atom. The van der Waals surface area contributed by atoms with Crippen LogP contribution in [-0.4, -0.2) is 42.6 Å². The van der Waals surface area contributed by atoms with Gasteiger partial charge in [0, 0.05) is 35.3 Å². The van der Waals surface area contributed by atoms with E-state index in [1.807, 2.05) is 11.3 Å². The molecule has 0 aromatic carbocycles. The lowest BCUT2D eigenvalue weighted by Gasteiger charge is -2.35. The van der Waals surface area contributed by atoms with Crippen LogP contribution in [0.1, 0.15) is 65.9 Å². The second-order valence-electron chi connectivity index (χ2n) is 7.23. The number of rotatable bonds is 3. The topological polar surface area (TPSA) is 28.2 Å². The minimum Gasteiger partial charge on any atom is -0.319 e. The average molecular weight is 305 g/mol. The molecule has 3 heterocycles. The van der Waals surface area contributed by atoms with Crippen molar-refractivity contribution >= 4 is 11.3 Å². The Morgan fingerprint density at radius 2 is 2.00 bits per heavy atom. The average Bonchev–Trinajstić information content (AvgIpc) is 2.98. The van der Waals surface area contributed by atoms with Gasteiger partial charge in [0.1, 0.15) is 0 Å². The molecule has 1 aromatic heterocycles. The van der Waals surface area contributed by atoms with Gasteiger partial charge in [-0.3, -0.25) is 0 Å². The number of likely N-dealkylation sites (N-methyl/N-ethyl adjacent to an activating group) is 1. The maximum Gasteiger partial charge on any atom is 0.0963 e.